The summed E-state index contributed by atoms with van der Waals surface area (Å²) in [6.45, 7) is 0. The van der Waals surface area contributed by atoms with Crippen LogP contribution in [0.2, 0.25) is 0 Å². The van der Waals surface area contributed by atoms with Gasteiger partial charge in [0, 0.05) is 25.0 Å². The van der Waals surface area contributed by atoms with Crippen LogP contribution in [0.1, 0.15) is 10.5 Å². The summed E-state index contributed by atoms with van der Waals surface area (Å²) in [5.41, 5.74) is 1.83. The Morgan fingerprint density at radius 2 is 1.81 bits per heavy atom. The molecule has 4 nitrogen and oxygen atoms in total. The van der Waals surface area contributed by atoms with Crippen molar-refractivity contribution in [3.63, 3.8) is 0 Å². The minimum Gasteiger partial charge on any atom is -0.354 e. The average molecular weight is 213 g/mol. The van der Waals surface area contributed by atoms with Crippen molar-refractivity contribution in [1.82, 2.24) is 15.3 Å². The van der Waals surface area contributed by atoms with E-state index in [0.29, 0.717) is 11.4 Å². The van der Waals surface area contributed by atoms with Crippen molar-refractivity contribution in [2.45, 2.75) is 0 Å². The highest BCUT2D eigenvalue weighted by molar-refractivity contribution is 5.97. The molecule has 2 aromatic rings. The molecule has 1 N–H and O–H groups in total. The molecule has 0 spiro atoms. The fourth-order valence-corrected chi connectivity index (χ4v) is 1.43. The SMILES string of the molecule is CNC(=O)c1nccnc1-c1ccccc1. The lowest BCUT2D eigenvalue weighted by molar-refractivity contribution is 0.0958. The van der Waals surface area contributed by atoms with Crippen LogP contribution in [0, 0.1) is 0 Å². The van der Waals surface area contributed by atoms with Gasteiger partial charge in [0.25, 0.3) is 5.91 Å². The van der Waals surface area contributed by atoms with Crippen LogP contribution < -0.4 is 5.32 Å². The maximum atomic E-state index is 11.6. The largest absolute Gasteiger partial charge is 0.354 e. The van der Waals surface area contributed by atoms with E-state index in [4.69, 9.17) is 0 Å². The number of rotatable bonds is 2. The van der Waals surface area contributed by atoms with Gasteiger partial charge in [-0.2, -0.15) is 0 Å². The Morgan fingerprint density at radius 3 is 2.50 bits per heavy atom. The van der Waals surface area contributed by atoms with Gasteiger partial charge in [0.05, 0.1) is 0 Å². The van der Waals surface area contributed by atoms with E-state index < -0.39 is 0 Å². The monoisotopic (exact) mass is 213 g/mol. The van der Waals surface area contributed by atoms with Gasteiger partial charge in [-0.15, -0.1) is 0 Å². The predicted octanol–water partition coefficient (Wildman–Crippen LogP) is 1.50. The Bertz CT molecular complexity index is 497. The highest BCUT2D eigenvalue weighted by atomic mass is 16.1. The maximum absolute atomic E-state index is 11.6. The zero-order valence-corrected chi connectivity index (χ0v) is 8.84. The van der Waals surface area contributed by atoms with E-state index in [1.165, 1.54) is 6.20 Å². The van der Waals surface area contributed by atoms with Crippen molar-refractivity contribution in [2.75, 3.05) is 7.05 Å². The molecule has 0 saturated heterocycles. The van der Waals surface area contributed by atoms with Gasteiger partial charge < -0.3 is 5.32 Å². The number of hydrogen-bond acceptors (Lipinski definition) is 3. The molecule has 2 rings (SSSR count). The van der Waals surface area contributed by atoms with Gasteiger partial charge in [-0.1, -0.05) is 30.3 Å². The normalized spacial score (nSPS) is 9.81. The highest BCUT2D eigenvalue weighted by Gasteiger charge is 2.13. The van der Waals surface area contributed by atoms with Crippen molar-refractivity contribution in [2.24, 2.45) is 0 Å². The molecule has 0 atom stereocenters. The number of carbonyl (C=O) groups excluding carboxylic acids is 1. The molecule has 16 heavy (non-hydrogen) atoms. The molecule has 4 heteroatoms. The third-order valence-corrected chi connectivity index (χ3v) is 2.19. The lowest BCUT2D eigenvalue weighted by atomic mass is 10.1. The Balaban J connectivity index is 2.53. The standard InChI is InChI=1S/C12H11N3O/c1-13-12(16)11-10(14-7-8-15-11)9-5-3-2-4-6-9/h2-8H,1H3,(H,13,16). The molecular weight excluding hydrogens is 202 g/mol. The maximum Gasteiger partial charge on any atom is 0.271 e. The van der Waals surface area contributed by atoms with Gasteiger partial charge >= 0.3 is 0 Å². The van der Waals surface area contributed by atoms with Crippen LogP contribution in [0.4, 0.5) is 0 Å². The molecule has 1 aromatic heterocycles. The Labute approximate surface area is 93.4 Å². The number of nitrogens with one attached hydrogen (secondary N) is 1. The number of amides is 1. The molecule has 0 aliphatic heterocycles. The van der Waals surface area contributed by atoms with E-state index in [1.807, 2.05) is 30.3 Å². The number of aromatic nitrogens is 2. The number of hydrogen-bond donors (Lipinski definition) is 1. The number of benzene rings is 1. The average Bonchev–Trinajstić information content (AvgIpc) is 2.39. The van der Waals surface area contributed by atoms with Gasteiger partial charge in [0.1, 0.15) is 5.69 Å². The Morgan fingerprint density at radius 1 is 1.12 bits per heavy atom. The second-order valence-electron chi connectivity index (χ2n) is 3.20. The summed E-state index contributed by atoms with van der Waals surface area (Å²) in [5, 5.41) is 2.55. The molecule has 1 heterocycles. The van der Waals surface area contributed by atoms with Crippen LogP contribution in [0.5, 0.6) is 0 Å². The summed E-state index contributed by atoms with van der Waals surface area (Å²) < 4.78 is 0. The smallest absolute Gasteiger partial charge is 0.271 e. The van der Waals surface area contributed by atoms with Gasteiger partial charge in [-0.3, -0.25) is 9.78 Å². The van der Waals surface area contributed by atoms with Crippen LogP contribution in [0.25, 0.3) is 11.3 Å². The Hall–Kier alpha value is -2.23. The third kappa shape index (κ3) is 1.91. The van der Waals surface area contributed by atoms with Crippen molar-refractivity contribution in [1.29, 1.82) is 0 Å². The van der Waals surface area contributed by atoms with E-state index in [0.717, 1.165) is 5.56 Å². The first-order valence-electron chi connectivity index (χ1n) is 4.91. The zero-order chi connectivity index (χ0) is 11.4. The minimum absolute atomic E-state index is 0.230. The molecule has 0 fully saturated rings. The van der Waals surface area contributed by atoms with Gasteiger partial charge in [0.2, 0.25) is 0 Å². The highest BCUT2D eigenvalue weighted by Crippen LogP contribution is 2.18. The molecule has 80 valence electrons. The molecular formula is C12H11N3O. The van der Waals surface area contributed by atoms with Crippen LogP contribution in [0.3, 0.4) is 0 Å². The van der Waals surface area contributed by atoms with E-state index >= 15 is 0 Å². The minimum atomic E-state index is -0.230. The first-order valence-corrected chi connectivity index (χ1v) is 4.91. The van der Waals surface area contributed by atoms with E-state index in [9.17, 15) is 4.79 Å². The molecule has 0 aliphatic carbocycles. The topological polar surface area (TPSA) is 54.9 Å². The summed E-state index contributed by atoms with van der Waals surface area (Å²) >= 11 is 0. The fraction of sp³-hybridized carbons (Fsp3) is 0.0833. The summed E-state index contributed by atoms with van der Waals surface area (Å²) in [7, 11) is 1.58. The predicted molar refractivity (Wildman–Crippen MR) is 60.9 cm³/mol. The number of carbonyl (C=O) groups is 1. The van der Waals surface area contributed by atoms with E-state index in [-0.39, 0.29) is 5.91 Å². The van der Waals surface area contributed by atoms with Gasteiger partial charge in [-0.05, 0) is 0 Å². The lowest BCUT2D eigenvalue weighted by Crippen LogP contribution is -2.20. The zero-order valence-electron chi connectivity index (χ0n) is 8.84. The van der Waals surface area contributed by atoms with E-state index in [2.05, 4.69) is 15.3 Å². The molecule has 1 aromatic carbocycles. The first-order chi connectivity index (χ1) is 7.83. The molecule has 0 radical (unpaired) electrons. The molecule has 0 unspecified atom stereocenters. The summed E-state index contributed by atoms with van der Waals surface area (Å²) in [5.74, 6) is -0.230. The van der Waals surface area contributed by atoms with Crippen molar-refractivity contribution in [3.8, 4) is 11.3 Å². The van der Waals surface area contributed by atoms with Gasteiger partial charge in [-0.25, -0.2) is 4.98 Å². The lowest BCUT2D eigenvalue weighted by Gasteiger charge is -2.05. The first kappa shape index (κ1) is 10.3. The molecule has 1 amide bonds. The number of nitrogens with zero attached hydrogens (tertiary/aromatic N) is 2. The molecule has 0 aliphatic rings. The Kier molecular flexibility index (Phi) is 2.91. The van der Waals surface area contributed by atoms with E-state index in [1.54, 1.807) is 13.2 Å². The molecule has 0 saturated carbocycles. The van der Waals surface area contributed by atoms with Crippen LogP contribution in [0.15, 0.2) is 42.7 Å². The second kappa shape index (κ2) is 4.53. The van der Waals surface area contributed by atoms with Crippen LogP contribution >= 0.6 is 0 Å². The summed E-state index contributed by atoms with van der Waals surface area (Å²) in [6.07, 6.45) is 3.09. The molecule has 0 bridgehead atoms. The van der Waals surface area contributed by atoms with Crippen molar-refractivity contribution < 1.29 is 4.79 Å². The third-order valence-electron chi connectivity index (χ3n) is 2.19. The van der Waals surface area contributed by atoms with Crippen LogP contribution in [-0.4, -0.2) is 22.9 Å². The summed E-state index contributed by atoms with van der Waals surface area (Å²) in [6, 6.07) is 9.52. The second-order valence-corrected chi connectivity index (χ2v) is 3.20. The summed E-state index contributed by atoms with van der Waals surface area (Å²) in [4.78, 5) is 19.8. The van der Waals surface area contributed by atoms with Crippen molar-refractivity contribution in [3.05, 3.63) is 48.4 Å². The fourth-order valence-electron chi connectivity index (χ4n) is 1.43. The van der Waals surface area contributed by atoms with Crippen molar-refractivity contribution >= 4 is 5.91 Å². The van der Waals surface area contributed by atoms with Crippen LogP contribution in [-0.2, 0) is 0 Å². The van der Waals surface area contributed by atoms with Gasteiger partial charge in [0.15, 0.2) is 5.69 Å². The quantitative estimate of drug-likeness (QED) is 0.822.